The first-order chi connectivity index (χ1) is 10.6. The zero-order valence-corrected chi connectivity index (χ0v) is 14.6. The van der Waals surface area contributed by atoms with Crippen molar-refractivity contribution in [1.82, 2.24) is 0 Å². The predicted molar refractivity (Wildman–Crippen MR) is 94.4 cm³/mol. The van der Waals surface area contributed by atoms with Gasteiger partial charge in [-0.15, -0.1) is 0 Å². The zero-order chi connectivity index (χ0) is 16.0. The maximum absolute atomic E-state index is 12.0. The normalized spacial score (nSPS) is 12.7. The fraction of sp³-hybridized carbons (Fsp3) is 0.316. The fourth-order valence-corrected chi connectivity index (χ4v) is 6.79. The van der Waals surface area contributed by atoms with E-state index >= 15 is 0 Å². The highest BCUT2D eigenvalue weighted by molar-refractivity contribution is 7.02. The van der Waals surface area contributed by atoms with Crippen LogP contribution in [0.1, 0.15) is 20.3 Å². The summed E-state index contributed by atoms with van der Waals surface area (Å²) in [4.78, 5) is 12.0. The third-order valence-corrected chi connectivity index (χ3v) is 9.75. The van der Waals surface area contributed by atoms with Gasteiger partial charge in [-0.1, -0.05) is 84.5 Å². The van der Waals surface area contributed by atoms with Gasteiger partial charge in [-0.3, -0.25) is 4.79 Å². The van der Waals surface area contributed by atoms with Crippen LogP contribution in [0.3, 0.4) is 0 Å². The third kappa shape index (κ3) is 3.47. The molecular weight excluding hydrogens is 288 g/mol. The molecule has 0 spiro atoms. The van der Waals surface area contributed by atoms with E-state index in [1.54, 1.807) is 0 Å². The van der Waals surface area contributed by atoms with E-state index in [2.05, 4.69) is 62.0 Å². The Hall–Kier alpha value is -1.87. The van der Waals surface area contributed by atoms with Crippen LogP contribution in [-0.4, -0.2) is 20.7 Å². The molecule has 0 aliphatic rings. The molecule has 0 saturated heterocycles. The Labute approximate surface area is 134 Å². The second kappa shape index (κ2) is 7.41. The van der Waals surface area contributed by atoms with Crippen molar-refractivity contribution in [2.45, 2.75) is 32.4 Å². The number of hydrogen-bond acceptors (Lipinski definition) is 2. The lowest BCUT2D eigenvalue weighted by atomic mass is 10.3. The first kappa shape index (κ1) is 16.5. The summed E-state index contributed by atoms with van der Waals surface area (Å²) in [6.45, 7) is 6.83. The Kier molecular flexibility index (Phi) is 5.55. The summed E-state index contributed by atoms with van der Waals surface area (Å²) in [6, 6.07) is 21.2. The third-order valence-electron chi connectivity index (χ3n) is 4.51. The van der Waals surface area contributed by atoms with Crippen molar-refractivity contribution in [1.29, 1.82) is 0 Å². The van der Waals surface area contributed by atoms with Crippen LogP contribution in [0.2, 0.25) is 12.1 Å². The topological polar surface area (TPSA) is 26.3 Å². The first-order valence-corrected chi connectivity index (χ1v) is 10.4. The molecule has 2 aromatic carbocycles. The van der Waals surface area contributed by atoms with Crippen molar-refractivity contribution in [3.63, 3.8) is 0 Å². The molecule has 0 heterocycles. The van der Waals surface area contributed by atoms with Crippen molar-refractivity contribution in [2.24, 2.45) is 0 Å². The number of benzene rings is 2. The molecule has 22 heavy (non-hydrogen) atoms. The van der Waals surface area contributed by atoms with Gasteiger partial charge in [0.25, 0.3) is 0 Å². The molecule has 0 N–H and O–H groups in total. The van der Waals surface area contributed by atoms with Gasteiger partial charge in [0.2, 0.25) is 0 Å². The SMILES string of the molecule is CCOC(=O)CC(C)[Si](C)(c1ccccc1)c1ccccc1. The highest BCUT2D eigenvalue weighted by Gasteiger charge is 2.38. The summed E-state index contributed by atoms with van der Waals surface area (Å²) in [5.74, 6) is -0.0967. The van der Waals surface area contributed by atoms with Gasteiger partial charge in [-0.25, -0.2) is 0 Å². The van der Waals surface area contributed by atoms with Gasteiger partial charge in [-0.05, 0) is 12.5 Å². The fourth-order valence-electron chi connectivity index (χ4n) is 2.98. The molecule has 0 radical (unpaired) electrons. The number of ether oxygens (including phenoxy) is 1. The van der Waals surface area contributed by atoms with E-state index in [1.165, 1.54) is 10.4 Å². The Balaban J connectivity index is 2.40. The Morgan fingerprint density at radius 2 is 1.45 bits per heavy atom. The first-order valence-electron chi connectivity index (χ1n) is 7.85. The standard InChI is InChI=1S/C19H24O2Si/c1-4-21-19(20)15-16(2)22(3,17-11-7-5-8-12-17)18-13-9-6-10-14-18/h5-14,16H,4,15H2,1-3H3. The minimum absolute atomic E-state index is 0.0967. The molecule has 0 saturated carbocycles. The number of carbonyl (C=O) groups is 1. The smallest absolute Gasteiger partial charge is 0.305 e. The highest BCUT2D eigenvalue weighted by atomic mass is 28.3. The number of hydrogen-bond donors (Lipinski definition) is 0. The molecule has 2 rings (SSSR count). The van der Waals surface area contributed by atoms with Gasteiger partial charge in [0.1, 0.15) is 8.07 Å². The van der Waals surface area contributed by atoms with Gasteiger partial charge < -0.3 is 4.74 Å². The van der Waals surface area contributed by atoms with E-state index in [0.29, 0.717) is 13.0 Å². The van der Waals surface area contributed by atoms with Gasteiger partial charge >= 0.3 is 5.97 Å². The van der Waals surface area contributed by atoms with Gasteiger partial charge in [0.15, 0.2) is 0 Å². The van der Waals surface area contributed by atoms with Crippen LogP contribution in [0.15, 0.2) is 60.7 Å². The molecule has 0 amide bonds. The van der Waals surface area contributed by atoms with Crippen molar-refractivity contribution >= 4 is 24.4 Å². The van der Waals surface area contributed by atoms with Crippen LogP contribution in [0.4, 0.5) is 0 Å². The maximum Gasteiger partial charge on any atom is 0.305 e. The molecule has 2 nitrogen and oxygen atoms in total. The minimum atomic E-state index is -2.00. The monoisotopic (exact) mass is 312 g/mol. The quantitative estimate of drug-likeness (QED) is 0.605. The Bertz CT molecular complexity index is 556. The van der Waals surface area contributed by atoms with E-state index in [0.717, 1.165) is 0 Å². The number of carbonyl (C=O) groups excluding carboxylic acids is 1. The average molecular weight is 312 g/mol. The molecule has 0 fully saturated rings. The van der Waals surface area contributed by atoms with Gasteiger partial charge in [0, 0.05) is 6.42 Å². The second-order valence-corrected chi connectivity index (χ2v) is 10.4. The summed E-state index contributed by atoms with van der Waals surface area (Å²) in [7, 11) is -2.00. The molecule has 0 aromatic heterocycles. The second-order valence-electron chi connectivity index (χ2n) is 5.84. The summed E-state index contributed by atoms with van der Waals surface area (Å²) < 4.78 is 5.16. The van der Waals surface area contributed by atoms with Crippen molar-refractivity contribution in [3.8, 4) is 0 Å². The minimum Gasteiger partial charge on any atom is -0.466 e. The predicted octanol–water partition coefficient (Wildman–Crippen LogP) is 3.22. The summed E-state index contributed by atoms with van der Waals surface area (Å²) in [5.41, 5.74) is 0.274. The van der Waals surface area contributed by atoms with Gasteiger partial charge in [-0.2, -0.15) is 0 Å². The zero-order valence-electron chi connectivity index (χ0n) is 13.6. The van der Waals surface area contributed by atoms with Crippen molar-refractivity contribution in [2.75, 3.05) is 6.61 Å². The van der Waals surface area contributed by atoms with Crippen LogP contribution >= 0.6 is 0 Å². The lowest BCUT2D eigenvalue weighted by Gasteiger charge is -2.34. The van der Waals surface area contributed by atoms with Gasteiger partial charge in [0.05, 0.1) is 6.61 Å². The van der Waals surface area contributed by atoms with Crippen LogP contribution in [0, 0.1) is 0 Å². The molecule has 1 atom stereocenters. The molecule has 0 aliphatic carbocycles. The molecule has 0 bridgehead atoms. The van der Waals surface area contributed by atoms with Crippen LogP contribution in [0.25, 0.3) is 0 Å². The molecule has 0 aliphatic heterocycles. The highest BCUT2D eigenvalue weighted by Crippen LogP contribution is 2.25. The molecule has 116 valence electrons. The van der Waals surface area contributed by atoms with E-state index in [9.17, 15) is 4.79 Å². The summed E-state index contributed by atoms with van der Waals surface area (Å²) in [6.07, 6.45) is 0.473. The average Bonchev–Trinajstić information content (AvgIpc) is 2.55. The number of esters is 1. The van der Waals surface area contributed by atoms with E-state index < -0.39 is 8.07 Å². The summed E-state index contributed by atoms with van der Waals surface area (Å²) in [5, 5.41) is 2.72. The van der Waals surface area contributed by atoms with E-state index in [1.807, 2.05) is 19.1 Å². The molecule has 1 unspecified atom stereocenters. The van der Waals surface area contributed by atoms with Crippen LogP contribution in [0.5, 0.6) is 0 Å². The Morgan fingerprint density at radius 1 is 1.00 bits per heavy atom. The largest absolute Gasteiger partial charge is 0.466 e. The lowest BCUT2D eigenvalue weighted by molar-refractivity contribution is -0.143. The summed E-state index contributed by atoms with van der Waals surface area (Å²) >= 11 is 0. The Morgan fingerprint density at radius 3 is 1.86 bits per heavy atom. The maximum atomic E-state index is 12.0. The van der Waals surface area contributed by atoms with Crippen LogP contribution < -0.4 is 10.4 Å². The van der Waals surface area contributed by atoms with E-state index in [-0.39, 0.29) is 11.5 Å². The lowest BCUT2D eigenvalue weighted by Crippen LogP contribution is -2.58. The molecule has 3 heteroatoms. The number of rotatable bonds is 6. The van der Waals surface area contributed by atoms with Crippen molar-refractivity contribution in [3.05, 3.63) is 60.7 Å². The molecular formula is C19H24O2Si. The van der Waals surface area contributed by atoms with Crippen molar-refractivity contribution < 1.29 is 9.53 Å². The molecule has 2 aromatic rings. The van der Waals surface area contributed by atoms with E-state index in [4.69, 9.17) is 4.74 Å². The van der Waals surface area contributed by atoms with Crippen LogP contribution in [-0.2, 0) is 9.53 Å².